The van der Waals surface area contributed by atoms with E-state index in [9.17, 15) is 9.59 Å². The first-order valence-corrected chi connectivity index (χ1v) is 8.88. The molecule has 0 aliphatic rings. The topological polar surface area (TPSA) is 71.3 Å². The van der Waals surface area contributed by atoms with Gasteiger partial charge in [0.25, 0.3) is 5.91 Å². The molecule has 1 unspecified atom stereocenters. The number of furan rings is 1. The number of benzene rings is 2. The molecule has 3 aromatic rings. The molecule has 1 atom stereocenters. The van der Waals surface area contributed by atoms with Crippen molar-refractivity contribution in [1.29, 1.82) is 0 Å². The van der Waals surface area contributed by atoms with Gasteiger partial charge in [-0.15, -0.1) is 0 Å². The second-order valence-electron chi connectivity index (χ2n) is 6.37. The predicted molar refractivity (Wildman–Crippen MR) is 104 cm³/mol. The van der Waals surface area contributed by atoms with E-state index in [4.69, 9.17) is 4.42 Å². The van der Waals surface area contributed by atoms with E-state index in [2.05, 4.69) is 10.6 Å². The number of nitrogens with one attached hydrogen (secondary N) is 2. The van der Waals surface area contributed by atoms with Gasteiger partial charge in [-0.05, 0) is 35.7 Å². The van der Waals surface area contributed by atoms with Crippen LogP contribution in [0.5, 0.6) is 0 Å². The SMILES string of the molecule is CC(CC(=O)Nc1ccccc1C(=O)NCc1ccco1)c1ccccc1. The smallest absolute Gasteiger partial charge is 0.253 e. The first-order valence-electron chi connectivity index (χ1n) is 8.88. The Morgan fingerprint density at radius 1 is 0.963 bits per heavy atom. The monoisotopic (exact) mass is 362 g/mol. The van der Waals surface area contributed by atoms with Gasteiger partial charge in [-0.3, -0.25) is 9.59 Å². The van der Waals surface area contributed by atoms with E-state index in [1.165, 1.54) is 0 Å². The van der Waals surface area contributed by atoms with E-state index < -0.39 is 0 Å². The van der Waals surface area contributed by atoms with Gasteiger partial charge in [-0.1, -0.05) is 49.4 Å². The maximum Gasteiger partial charge on any atom is 0.253 e. The summed E-state index contributed by atoms with van der Waals surface area (Å²) in [7, 11) is 0. The van der Waals surface area contributed by atoms with Crippen molar-refractivity contribution in [3.05, 3.63) is 89.9 Å². The molecule has 1 heterocycles. The Hall–Kier alpha value is -3.34. The van der Waals surface area contributed by atoms with Gasteiger partial charge in [0, 0.05) is 6.42 Å². The van der Waals surface area contributed by atoms with Crippen molar-refractivity contribution in [3.63, 3.8) is 0 Å². The number of anilines is 1. The van der Waals surface area contributed by atoms with Gasteiger partial charge in [-0.25, -0.2) is 0 Å². The minimum absolute atomic E-state index is 0.0890. The van der Waals surface area contributed by atoms with Crippen molar-refractivity contribution in [2.24, 2.45) is 0 Å². The molecule has 2 N–H and O–H groups in total. The highest BCUT2D eigenvalue weighted by molar-refractivity contribution is 6.03. The van der Waals surface area contributed by atoms with Gasteiger partial charge in [0.2, 0.25) is 5.91 Å². The van der Waals surface area contributed by atoms with E-state index in [-0.39, 0.29) is 17.7 Å². The summed E-state index contributed by atoms with van der Waals surface area (Å²) in [6.07, 6.45) is 1.90. The van der Waals surface area contributed by atoms with Gasteiger partial charge >= 0.3 is 0 Å². The quantitative estimate of drug-likeness (QED) is 0.657. The lowest BCUT2D eigenvalue weighted by molar-refractivity contribution is -0.116. The largest absolute Gasteiger partial charge is 0.467 e. The molecule has 0 saturated carbocycles. The van der Waals surface area contributed by atoms with Crippen LogP contribution in [0.25, 0.3) is 0 Å². The summed E-state index contributed by atoms with van der Waals surface area (Å²) in [5, 5.41) is 5.66. The summed E-state index contributed by atoms with van der Waals surface area (Å²) >= 11 is 0. The number of rotatable bonds is 7. The zero-order valence-electron chi connectivity index (χ0n) is 15.1. The molecule has 0 aliphatic heterocycles. The molecular weight excluding hydrogens is 340 g/mol. The lowest BCUT2D eigenvalue weighted by Gasteiger charge is -2.14. The first-order chi connectivity index (χ1) is 13.1. The fourth-order valence-electron chi connectivity index (χ4n) is 2.84. The highest BCUT2D eigenvalue weighted by Gasteiger charge is 2.15. The second kappa shape index (κ2) is 8.85. The summed E-state index contributed by atoms with van der Waals surface area (Å²) in [5.41, 5.74) is 2.03. The molecule has 5 nitrogen and oxygen atoms in total. The number of amides is 2. The average Bonchev–Trinajstić information content (AvgIpc) is 3.21. The van der Waals surface area contributed by atoms with Crippen LogP contribution in [0.15, 0.2) is 77.4 Å². The molecule has 1 aromatic heterocycles. The van der Waals surface area contributed by atoms with Crippen LogP contribution in [0.2, 0.25) is 0 Å². The predicted octanol–water partition coefficient (Wildman–Crippen LogP) is 4.34. The number of hydrogen-bond donors (Lipinski definition) is 2. The standard InChI is InChI=1S/C22H22N2O3/c1-16(17-8-3-2-4-9-17)14-21(25)24-20-12-6-5-11-19(20)22(26)23-15-18-10-7-13-27-18/h2-13,16H,14-15H2,1H3,(H,23,26)(H,24,25). The van der Waals surface area contributed by atoms with Crippen molar-refractivity contribution in [3.8, 4) is 0 Å². The number of carbonyl (C=O) groups is 2. The molecule has 0 bridgehead atoms. The summed E-state index contributed by atoms with van der Waals surface area (Å²) in [4.78, 5) is 24.9. The molecule has 138 valence electrons. The molecule has 0 fully saturated rings. The Bertz CT molecular complexity index is 889. The summed E-state index contributed by atoms with van der Waals surface area (Å²) < 4.78 is 5.22. The van der Waals surface area contributed by atoms with Gasteiger partial charge in [0.1, 0.15) is 5.76 Å². The van der Waals surface area contributed by atoms with E-state index in [1.54, 1.807) is 42.7 Å². The van der Waals surface area contributed by atoms with Crippen LogP contribution in [0.4, 0.5) is 5.69 Å². The maximum absolute atomic E-state index is 12.5. The molecule has 0 aliphatic carbocycles. The minimum Gasteiger partial charge on any atom is -0.467 e. The van der Waals surface area contributed by atoms with Crippen molar-refractivity contribution >= 4 is 17.5 Å². The van der Waals surface area contributed by atoms with Gasteiger partial charge < -0.3 is 15.1 Å². The summed E-state index contributed by atoms with van der Waals surface area (Å²) in [5.74, 6) is 0.365. The zero-order chi connectivity index (χ0) is 19.1. The highest BCUT2D eigenvalue weighted by atomic mass is 16.3. The molecule has 2 amide bonds. The molecular formula is C22H22N2O3. The van der Waals surface area contributed by atoms with Crippen LogP contribution in [-0.4, -0.2) is 11.8 Å². The fraction of sp³-hybridized carbons (Fsp3) is 0.182. The number of hydrogen-bond acceptors (Lipinski definition) is 3. The van der Waals surface area contributed by atoms with Crippen molar-refractivity contribution in [2.45, 2.75) is 25.8 Å². The van der Waals surface area contributed by atoms with Crippen molar-refractivity contribution < 1.29 is 14.0 Å². The Morgan fingerprint density at radius 3 is 2.44 bits per heavy atom. The minimum atomic E-state index is -0.265. The van der Waals surface area contributed by atoms with Crippen LogP contribution in [-0.2, 0) is 11.3 Å². The Balaban J connectivity index is 1.63. The highest BCUT2D eigenvalue weighted by Crippen LogP contribution is 2.21. The third-order valence-electron chi connectivity index (χ3n) is 4.31. The second-order valence-corrected chi connectivity index (χ2v) is 6.37. The van der Waals surface area contributed by atoms with E-state index in [0.717, 1.165) is 5.56 Å². The summed E-state index contributed by atoms with van der Waals surface area (Å²) in [6.45, 7) is 2.30. The zero-order valence-corrected chi connectivity index (χ0v) is 15.1. The third-order valence-corrected chi connectivity index (χ3v) is 4.31. The molecule has 2 aromatic carbocycles. The van der Waals surface area contributed by atoms with Crippen LogP contribution in [0.1, 0.15) is 40.9 Å². The van der Waals surface area contributed by atoms with Gasteiger partial charge in [-0.2, -0.15) is 0 Å². The Labute approximate surface area is 158 Å². The van der Waals surface area contributed by atoms with Crippen molar-refractivity contribution in [2.75, 3.05) is 5.32 Å². The van der Waals surface area contributed by atoms with Crippen LogP contribution in [0, 0.1) is 0 Å². The Morgan fingerprint density at radius 2 is 1.70 bits per heavy atom. The van der Waals surface area contributed by atoms with E-state index >= 15 is 0 Å². The average molecular weight is 362 g/mol. The molecule has 0 spiro atoms. The van der Waals surface area contributed by atoms with Crippen molar-refractivity contribution in [1.82, 2.24) is 5.32 Å². The number of para-hydroxylation sites is 1. The Kier molecular flexibility index (Phi) is 6.05. The molecule has 27 heavy (non-hydrogen) atoms. The molecule has 5 heteroatoms. The van der Waals surface area contributed by atoms with E-state index in [0.29, 0.717) is 30.0 Å². The molecule has 0 radical (unpaired) electrons. The van der Waals surface area contributed by atoms with E-state index in [1.807, 2.05) is 37.3 Å². The first kappa shape index (κ1) is 18.5. The normalized spacial score (nSPS) is 11.6. The van der Waals surface area contributed by atoms with Crippen LogP contribution in [0.3, 0.4) is 0 Å². The van der Waals surface area contributed by atoms with Gasteiger partial charge in [0.05, 0.1) is 24.1 Å². The summed E-state index contributed by atoms with van der Waals surface area (Å²) in [6, 6.07) is 20.4. The van der Waals surface area contributed by atoms with Gasteiger partial charge in [0.15, 0.2) is 0 Å². The van der Waals surface area contributed by atoms with Crippen LogP contribution >= 0.6 is 0 Å². The fourth-order valence-corrected chi connectivity index (χ4v) is 2.84. The number of carbonyl (C=O) groups excluding carboxylic acids is 2. The molecule has 3 rings (SSSR count). The molecule has 0 saturated heterocycles. The maximum atomic E-state index is 12.5. The lowest BCUT2D eigenvalue weighted by Crippen LogP contribution is -2.25. The van der Waals surface area contributed by atoms with Crippen LogP contribution < -0.4 is 10.6 Å². The third kappa shape index (κ3) is 5.07. The lowest BCUT2D eigenvalue weighted by atomic mass is 9.97.